The Morgan fingerprint density at radius 3 is 2.56 bits per heavy atom. The number of aryl methyl sites for hydroxylation is 1. The molecule has 0 aliphatic heterocycles. The average molecular weight is 332 g/mol. The van der Waals surface area contributed by atoms with Gasteiger partial charge in [0, 0.05) is 9.99 Å². The lowest BCUT2D eigenvalue weighted by molar-refractivity contribution is -0.140. The van der Waals surface area contributed by atoms with Gasteiger partial charge in [-0.2, -0.15) is 0 Å². The van der Waals surface area contributed by atoms with E-state index in [1.54, 1.807) is 0 Å². The lowest BCUT2D eigenvalue weighted by Crippen LogP contribution is -2.09. The van der Waals surface area contributed by atoms with Gasteiger partial charge in [-0.15, -0.1) is 0 Å². The average Bonchev–Trinajstić information content (AvgIpc) is 2.16. The lowest BCUT2D eigenvalue weighted by atomic mass is 10.0. The number of carboxylic acids is 1. The number of halogens is 1. The Bertz CT molecular complexity index is 413. The van der Waals surface area contributed by atoms with E-state index in [4.69, 9.17) is 5.11 Å². The molecular formula is C12H13IO3. The minimum Gasteiger partial charge on any atom is -0.481 e. The molecule has 0 heterocycles. The Hall–Kier alpha value is -0.910. The van der Waals surface area contributed by atoms with Gasteiger partial charge in [-0.05, 0) is 46.2 Å². The van der Waals surface area contributed by atoms with Gasteiger partial charge in [-0.3, -0.25) is 9.59 Å². The Morgan fingerprint density at radius 1 is 1.38 bits per heavy atom. The number of hydrogen-bond acceptors (Lipinski definition) is 2. The molecule has 0 aliphatic carbocycles. The standard InChI is InChI=1S/C12H13IO3/c1-2-9-4-3-8(6-11(9)13)5-10(14)7-12(15)16/h3-4,6H,2,5,7H2,1H3,(H,15,16). The van der Waals surface area contributed by atoms with Crippen molar-refractivity contribution in [2.75, 3.05) is 0 Å². The van der Waals surface area contributed by atoms with Crippen molar-refractivity contribution in [2.24, 2.45) is 0 Å². The Morgan fingerprint density at radius 2 is 2.06 bits per heavy atom. The number of aliphatic carboxylic acids is 1. The highest BCUT2D eigenvalue weighted by atomic mass is 127. The van der Waals surface area contributed by atoms with Crippen molar-refractivity contribution in [3.8, 4) is 0 Å². The molecular weight excluding hydrogens is 319 g/mol. The van der Waals surface area contributed by atoms with Crippen LogP contribution < -0.4 is 0 Å². The second-order valence-electron chi connectivity index (χ2n) is 3.57. The molecule has 1 aromatic rings. The number of carboxylic acid groups (broad SMARTS) is 1. The van der Waals surface area contributed by atoms with Crippen LogP contribution in [0.15, 0.2) is 18.2 Å². The zero-order valence-electron chi connectivity index (χ0n) is 9.00. The molecule has 16 heavy (non-hydrogen) atoms. The quantitative estimate of drug-likeness (QED) is 0.666. The molecule has 0 amide bonds. The van der Waals surface area contributed by atoms with E-state index >= 15 is 0 Å². The van der Waals surface area contributed by atoms with E-state index in [-0.39, 0.29) is 12.2 Å². The van der Waals surface area contributed by atoms with Gasteiger partial charge in [-0.1, -0.05) is 19.1 Å². The third-order valence-corrected chi connectivity index (χ3v) is 3.25. The number of carbonyl (C=O) groups is 2. The van der Waals surface area contributed by atoms with Crippen LogP contribution in [0.5, 0.6) is 0 Å². The van der Waals surface area contributed by atoms with E-state index in [0.29, 0.717) is 0 Å². The predicted molar refractivity (Wildman–Crippen MR) is 69.5 cm³/mol. The van der Waals surface area contributed by atoms with Gasteiger partial charge < -0.3 is 5.11 Å². The molecule has 0 spiro atoms. The lowest BCUT2D eigenvalue weighted by Gasteiger charge is -2.04. The van der Waals surface area contributed by atoms with E-state index in [9.17, 15) is 9.59 Å². The van der Waals surface area contributed by atoms with Crippen molar-refractivity contribution < 1.29 is 14.7 Å². The second-order valence-corrected chi connectivity index (χ2v) is 4.73. The maximum absolute atomic E-state index is 11.3. The van der Waals surface area contributed by atoms with E-state index in [2.05, 4.69) is 29.5 Å². The highest BCUT2D eigenvalue weighted by Gasteiger charge is 2.09. The van der Waals surface area contributed by atoms with Crippen molar-refractivity contribution in [2.45, 2.75) is 26.2 Å². The number of Topliss-reactive ketones (excluding diaryl/α,β-unsaturated/α-hetero) is 1. The maximum Gasteiger partial charge on any atom is 0.310 e. The molecule has 0 unspecified atom stereocenters. The maximum atomic E-state index is 11.3. The highest BCUT2D eigenvalue weighted by Crippen LogP contribution is 2.16. The fourth-order valence-electron chi connectivity index (χ4n) is 1.45. The van der Waals surface area contributed by atoms with Gasteiger partial charge in [0.05, 0.1) is 0 Å². The molecule has 1 aromatic carbocycles. The zero-order chi connectivity index (χ0) is 12.1. The molecule has 1 rings (SSSR count). The van der Waals surface area contributed by atoms with Crippen molar-refractivity contribution in [1.82, 2.24) is 0 Å². The van der Waals surface area contributed by atoms with Crippen LogP contribution in [0.25, 0.3) is 0 Å². The van der Waals surface area contributed by atoms with Crippen molar-refractivity contribution in [3.05, 3.63) is 32.9 Å². The first-order valence-electron chi connectivity index (χ1n) is 5.03. The summed E-state index contributed by atoms with van der Waals surface area (Å²) in [5, 5.41) is 8.48. The topological polar surface area (TPSA) is 54.4 Å². The summed E-state index contributed by atoms with van der Waals surface area (Å²) in [7, 11) is 0. The Balaban J connectivity index is 2.71. The van der Waals surface area contributed by atoms with Crippen molar-refractivity contribution in [1.29, 1.82) is 0 Å². The zero-order valence-corrected chi connectivity index (χ0v) is 11.2. The van der Waals surface area contributed by atoms with Crippen LogP contribution in [0.4, 0.5) is 0 Å². The molecule has 0 radical (unpaired) electrons. The number of rotatable bonds is 5. The molecule has 86 valence electrons. The minimum atomic E-state index is -1.06. The summed E-state index contributed by atoms with van der Waals surface area (Å²) in [6, 6.07) is 5.82. The largest absolute Gasteiger partial charge is 0.481 e. The van der Waals surface area contributed by atoms with Crippen molar-refractivity contribution >= 4 is 34.3 Å². The van der Waals surface area contributed by atoms with Crippen LogP contribution in [0.2, 0.25) is 0 Å². The molecule has 0 fully saturated rings. The van der Waals surface area contributed by atoms with Gasteiger partial charge in [0.25, 0.3) is 0 Å². The first kappa shape index (κ1) is 13.2. The van der Waals surface area contributed by atoms with Crippen LogP contribution in [0.1, 0.15) is 24.5 Å². The third-order valence-electron chi connectivity index (χ3n) is 2.25. The molecule has 3 nitrogen and oxygen atoms in total. The van der Waals surface area contributed by atoms with E-state index < -0.39 is 12.4 Å². The normalized spacial score (nSPS) is 10.1. The first-order valence-corrected chi connectivity index (χ1v) is 6.11. The molecule has 0 saturated heterocycles. The van der Waals surface area contributed by atoms with E-state index in [1.165, 1.54) is 5.56 Å². The van der Waals surface area contributed by atoms with Gasteiger partial charge >= 0.3 is 5.97 Å². The molecule has 1 N–H and O–H groups in total. The van der Waals surface area contributed by atoms with Crippen LogP contribution in [0, 0.1) is 3.57 Å². The molecule has 0 aliphatic rings. The highest BCUT2D eigenvalue weighted by molar-refractivity contribution is 14.1. The van der Waals surface area contributed by atoms with Gasteiger partial charge in [-0.25, -0.2) is 0 Å². The van der Waals surface area contributed by atoms with Crippen LogP contribution in [0.3, 0.4) is 0 Å². The Kier molecular flexibility index (Phi) is 4.92. The fourth-order valence-corrected chi connectivity index (χ4v) is 2.41. The van der Waals surface area contributed by atoms with Gasteiger partial charge in [0.2, 0.25) is 0 Å². The summed E-state index contributed by atoms with van der Waals surface area (Å²) in [6.07, 6.45) is 0.764. The number of ketones is 1. The second kappa shape index (κ2) is 5.98. The molecule has 0 bridgehead atoms. The smallest absolute Gasteiger partial charge is 0.310 e. The number of hydrogen-bond donors (Lipinski definition) is 1. The van der Waals surface area contributed by atoms with Crippen LogP contribution in [-0.2, 0) is 22.4 Å². The Labute approximate surface area is 108 Å². The molecule has 0 saturated carbocycles. The van der Waals surface area contributed by atoms with Crippen molar-refractivity contribution in [3.63, 3.8) is 0 Å². The van der Waals surface area contributed by atoms with Crippen LogP contribution >= 0.6 is 22.6 Å². The first-order chi connectivity index (χ1) is 7.52. The molecule has 0 atom stereocenters. The SMILES string of the molecule is CCc1ccc(CC(=O)CC(=O)O)cc1I. The predicted octanol–water partition coefficient (Wildman–Crippen LogP) is 2.44. The van der Waals surface area contributed by atoms with E-state index in [1.807, 2.05) is 18.2 Å². The number of benzene rings is 1. The van der Waals surface area contributed by atoms with Gasteiger partial charge in [0.15, 0.2) is 0 Å². The summed E-state index contributed by atoms with van der Waals surface area (Å²) in [4.78, 5) is 21.7. The summed E-state index contributed by atoms with van der Waals surface area (Å²) in [6.45, 7) is 2.08. The summed E-state index contributed by atoms with van der Waals surface area (Å²) < 4.78 is 1.13. The summed E-state index contributed by atoms with van der Waals surface area (Å²) in [5.74, 6) is -1.32. The minimum absolute atomic E-state index is 0.201. The molecule has 4 heteroatoms. The van der Waals surface area contributed by atoms with Crippen LogP contribution in [-0.4, -0.2) is 16.9 Å². The van der Waals surface area contributed by atoms with E-state index in [0.717, 1.165) is 15.6 Å². The monoisotopic (exact) mass is 332 g/mol. The fraction of sp³-hybridized carbons (Fsp3) is 0.333. The third kappa shape index (κ3) is 3.92. The molecule has 0 aromatic heterocycles. The summed E-state index contributed by atoms with van der Waals surface area (Å²) >= 11 is 2.23. The summed E-state index contributed by atoms with van der Waals surface area (Å²) in [5.41, 5.74) is 2.13. The number of carbonyl (C=O) groups excluding carboxylic acids is 1. The van der Waals surface area contributed by atoms with Gasteiger partial charge in [0.1, 0.15) is 12.2 Å².